The molecule has 2 amide bonds. The molecule has 2 N–H and O–H groups in total. The van der Waals surface area contributed by atoms with Gasteiger partial charge in [0, 0.05) is 11.3 Å². The SMILES string of the molecule is CCOC(=O)C1=C(C)NC(=O)NC1c1ccccc1OCc1ccc(C)cc1. The molecule has 2 aromatic rings. The van der Waals surface area contributed by atoms with Crippen LogP contribution in [0.25, 0.3) is 0 Å². The number of aryl methyl sites for hydroxylation is 1. The second-order valence-corrected chi connectivity index (χ2v) is 6.60. The second-order valence-electron chi connectivity index (χ2n) is 6.60. The van der Waals surface area contributed by atoms with Gasteiger partial charge in [0.15, 0.2) is 0 Å². The van der Waals surface area contributed by atoms with Crippen LogP contribution in [0.3, 0.4) is 0 Å². The number of allylic oxidation sites excluding steroid dienone is 1. The number of amides is 2. The highest BCUT2D eigenvalue weighted by atomic mass is 16.5. The van der Waals surface area contributed by atoms with Crippen molar-refractivity contribution in [2.45, 2.75) is 33.4 Å². The first-order valence-electron chi connectivity index (χ1n) is 9.22. The molecule has 0 spiro atoms. The van der Waals surface area contributed by atoms with Gasteiger partial charge in [0.25, 0.3) is 0 Å². The van der Waals surface area contributed by atoms with Gasteiger partial charge in [-0.05, 0) is 32.4 Å². The molecule has 6 heteroatoms. The first-order chi connectivity index (χ1) is 13.5. The molecule has 6 nitrogen and oxygen atoms in total. The van der Waals surface area contributed by atoms with Crippen LogP contribution in [0.15, 0.2) is 59.8 Å². The highest BCUT2D eigenvalue weighted by Crippen LogP contribution is 2.33. The first kappa shape index (κ1) is 19.5. The van der Waals surface area contributed by atoms with Gasteiger partial charge in [-0.25, -0.2) is 9.59 Å². The summed E-state index contributed by atoms with van der Waals surface area (Å²) < 4.78 is 11.2. The van der Waals surface area contributed by atoms with Crippen molar-refractivity contribution in [1.29, 1.82) is 0 Å². The van der Waals surface area contributed by atoms with Crippen LogP contribution < -0.4 is 15.4 Å². The molecular weight excluding hydrogens is 356 g/mol. The quantitative estimate of drug-likeness (QED) is 0.748. The summed E-state index contributed by atoms with van der Waals surface area (Å²) in [4.78, 5) is 24.6. The number of carbonyl (C=O) groups is 2. The Morgan fingerprint density at radius 2 is 1.79 bits per heavy atom. The smallest absolute Gasteiger partial charge is 0.338 e. The molecule has 3 rings (SSSR count). The average Bonchev–Trinajstić information content (AvgIpc) is 2.67. The molecule has 1 heterocycles. The summed E-state index contributed by atoms with van der Waals surface area (Å²) in [7, 11) is 0. The highest BCUT2D eigenvalue weighted by molar-refractivity contribution is 5.95. The third-order valence-electron chi connectivity index (χ3n) is 4.51. The number of ether oxygens (including phenoxy) is 2. The monoisotopic (exact) mass is 380 g/mol. The Morgan fingerprint density at radius 1 is 1.07 bits per heavy atom. The van der Waals surface area contributed by atoms with E-state index in [2.05, 4.69) is 10.6 Å². The van der Waals surface area contributed by atoms with Crippen molar-refractivity contribution in [2.75, 3.05) is 6.61 Å². The summed E-state index contributed by atoms with van der Waals surface area (Å²) in [5.41, 5.74) is 3.76. The number of esters is 1. The molecule has 0 radical (unpaired) electrons. The topological polar surface area (TPSA) is 76.7 Å². The van der Waals surface area contributed by atoms with Crippen LogP contribution >= 0.6 is 0 Å². The minimum atomic E-state index is -0.651. The van der Waals surface area contributed by atoms with Crippen LogP contribution in [-0.4, -0.2) is 18.6 Å². The number of hydrogen-bond acceptors (Lipinski definition) is 4. The lowest BCUT2D eigenvalue weighted by atomic mass is 9.95. The van der Waals surface area contributed by atoms with Crippen LogP contribution in [0.2, 0.25) is 0 Å². The van der Waals surface area contributed by atoms with E-state index in [1.807, 2.05) is 55.5 Å². The zero-order chi connectivity index (χ0) is 20.1. The summed E-state index contributed by atoms with van der Waals surface area (Å²) >= 11 is 0. The normalized spacial score (nSPS) is 16.2. The molecule has 2 aromatic carbocycles. The highest BCUT2D eigenvalue weighted by Gasteiger charge is 2.33. The lowest BCUT2D eigenvalue weighted by Gasteiger charge is -2.29. The van der Waals surface area contributed by atoms with Crippen molar-refractivity contribution >= 4 is 12.0 Å². The van der Waals surface area contributed by atoms with Crippen LogP contribution in [0.4, 0.5) is 4.79 Å². The summed E-state index contributed by atoms with van der Waals surface area (Å²) in [5.74, 6) is 0.135. The molecule has 146 valence electrons. The van der Waals surface area contributed by atoms with Crippen molar-refractivity contribution in [2.24, 2.45) is 0 Å². The van der Waals surface area contributed by atoms with Gasteiger partial charge >= 0.3 is 12.0 Å². The molecule has 28 heavy (non-hydrogen) atoms. The van der Waals surface area contributed by atoms with E-state index in [4.69, 9.17) is 9.47 Å². The van der Waals surface area contributed by atoms with Gasteiger partial charge < -0.3 is 20.1 Å². The number of carbonyl (C=O) groups excluding carboxylic acids is 2. The van der Waals surface area contributed by atoms with Gasteiger partial charge in [-0.3, -0.25) is 0 Å². The van der Waals surface area contributed by atoms with Crippen molar-refractivity contribution in [1.82, 2.24) is 10.6 Å². The van der Waals surface area contributed by atoms with Crippen molar-refractivity contribution in [3.8, 4) is 5.75 Å². The van der Waals surface area contributed by atoms with Crippen LogP contribution in [0.1, 0.15) is 36.6 Å². The van der Waals surface area contributed by atoms with Crippen LogP contribution in [0.5, 0.6) is 5.75 Å². The fourth-order valence-corrected chi connectivity index (χ4v) is 3.10. The number of para-hydroxylation sites is 1. The molecule has 0 saturated carbocycles. The van der Waals surface area contributed by atoms with E-state index in [0.717, 1.165) is 5.56 Å². The van der Waals surface area contributed by atoms with Gasteiger partial charge in [0.2, 0.25) is 0 Å². The van der Waals surface area contributed by atoms with Crippen LogP contribution in [0, 0.1) is 6.92 Å². The Labute approximate surface area is 164 Å². The Balaban J connectivity index is 1.91. The number of rotatable bonds is 6. The summed E-state index contributed by atoms with van der Waals surface area (Å²) in [6, 6.07) is 14.4. The molecule has 1 aliphatic rings. The average molecular weight is 380 g/mol. The predicted octanol–water partition coefficient (Wildman–Crippen LogP) is 3.77. The summed E-state index contributed by atoms with van der Waals surface area (Å²) in [6.45, 7) is 6.10. The lowest BCUT2D eigenvalue weighted by Crippen LogP contribution is -2.45. The summed E-state index contributed by atoms with van der Waals surface area (Å²) in [6.07, 6.45) is 0. The fourth-order valence-electron chi connectivity index (χ4n) is 3.10. The van der Waals surface area contributed by atoms with Gasteiger partial charge in [-0.15, -0.1) is 0 Å². The number of nitrogens with one attached hydrogen (secondary N) is 2. The van der Waals surface area contributed by atoms with Gasteiger partial charge in [-0.1, -0.05) is 48.0 Å². The zero-order valence-corrected chi connectivity index (χ0v) is 16.2. The van der Waals surface area contributed by atoms with Crippen molar-refractivity contribution < 1.29 is 19.1 Å². The largest absolute Gasteiger partial charge is 0.489 e. The maximum atomic E-state index is 12.5. The van der Waals surface area contributed by atoms with E-state index in [1.165, 1.54) is 5.56 Å². The predicted molar refractivity (Wildman–Crippen MR) is 106 cm³/mol. The lowest BCUT2D eigenvalue weighted by molar-refractivity contribution is -0.139. The Kier molecular flexibility index (Phi) is 5.99. The molecule has 0 bridgehead atoms. The van der Waals surface area contributed by atoms with E-state index < -0.39 is 12.0 Å². The third kappa shape index (κ3) is 4.34. The van der Waals surface area contributed by atoms with E-state index in [0.29, 0.717) is 29.2 Å². The standard InChI is InChI=1S/C22H24N2O4/c1-4-27-21(25)19-15(3)23-22(26)24-20(19)17-7-5-6-8-18(17)28-13-16-11-9-14(2)10-12-16/h5-12,20H,4,13H2,1-3H3,(H2,23,24,26). The summed E-state index contributed by atoms with van der Waals surface area (Å²) in [5, 5.41) is 5.45. The van der Waals surface area contributed by atoms with Crippen molar-refractivity contribution in [3.63, 3.8) is 0 Å². The van der Waals surface area contributed by atoms with Crippen LogP contribution in [-0.2, 0) is 16.1 Å². The number of urea groups is 1. The molecule has 0 aromatic heterocycles. The van der Waals surface area contributed by atoms with Gasteiger partial charge in [0.05, 0.1) is 18.2 Å². The minimum absolute atomic E-state index is 0.252. The van der Waals surface area contributed by atoms with Gasteiger partial charge in [-0.2, -0.15) is 0 Å². The third-order valence-corrected chi connectivity index (χ3v) is 4.51. The Hall–Kier alpha value is -3.28. The van der Waals surface area contributed by atoms with Crippen molar-refractivity contribution in [3.05, 3.63) is 76.5 Å². The Bertz CT molecular complexity index is 903. The van der Waals surface area contributed by atoms with E-state index in [-0.39, 0.29) is 12.6 Å². The minimum Gasteiger partial charge on any atom is -0.489 e. The first-order valence-corrected chi connectivity index (χ1v) is 9.22. The fraction of sp³-hybridized carbons (Fsp3) is 0.273. The van der Waals surface area contributed by atoms with E-state index in [9.17, 15) is 9.59 Å². The Morgan fingerprint density at radius 3 is 2.50 bits per heavy atom. The van der Waals surface area contributed by atoms with E-state index in [1.54, 1.807) is 13.8 Å². The zero-order valence-electron chi connectivity index (χ0n) is 16.2. The molecular formula is C22H24N2O4. The molecule has 1 unspecified atom stereocenters. The number of hydrogen-bond donors (Lipinski definition) is 2. The molecule has 0 saturated heterocycles. The molecule has 1 aliphatic heterocycles. The number of benzene rings is 2. The molecule has 0 aliphatic carbocycles. The second kappa shape index (κ2) is 8.61. The van der Waals surface area contributed by atoms with Gasteiger partial charge in [0.1, 0.15) is 12.4 Å². The maximum absolute atomic E-state index is 12.5. The van der Waals surface area contributed by atoms with E-state index >= 15 is 0 Å². The molecule has 1 atom stereocenters. The molecule has 0 fully saturated rings. The maximum Gasteiger partial charge on any atom is 0.338 e.